The van der Waals surface area contributed by atoms with E-state index in [1.54, 1.807) is 7.11 Å². The van der Waals surface area contributed by atoms with Gasteiger partial charge in [0, 0.05) is 12.6 Å². The Morgan fingerprint density at radius 2 is 2.17 bits per heavy atom. The lowest BCUT2D eigenvalue weighted by molar-refractivity contribution is 0.180. The first-order valence-electron chi connectivity index (χ1n) is 6.49. The van der Waals surface area contributed by atoms with Crippen molar-refractivity contribution in [3.63, 3.8) is 0 Å². The van der Waals surface area contributed by atoms with Gasteiger partial charge in [-0.05, 0) is 44.4 Å². The lowest BCUT2D eigenvalue weighted by Gasteiger charge is -2.32. The summed E-state index contributed by atoms with van der Waals surface area (Å²) in [4.78, 5) is 2.54. The van der Waals surface area contributed by atoms with E-state index in [-0.39, 0.29) is 0 Å². The van der Waals surface area contributed by atoms with E-state index in [1.165, 1.54) is 43.9 Å². The zero-order chi connectivity index (χ0) is 13.0. The molecule has 0 aliphatic carbocycles. The SMILES string of the molecule is COc1c(N)nsc1NCC(C)N1CCCCC1. The number of nitrogen functional groups attached to an aromatic ring is 1. The minimum Gasteiger partial charge on any atom is -0.490 e. The molecule has 18 heavy (non-hydrogen) atoms. The molecule has 1 unspecified atom stereocenters. The Hall–Kier alpha value is -1.01. The van der Waals surface area contributed by atoms with Gasteiger partial charge >= 0.3 is 0 Å². The van der Waals surface area contributed by atoms with Crippen LogP contribution in [0.15, 0.2) is 0 Å². The Balaban J connectivity index is 1.86. The largest absolute Gasteiger partial charge is 0.490 e. The van der Waals surface area contributed by atoms with Crippen LogP contribution in [0.5, 0.6) is 5.75 Å². The molecule has 1 atom stereocenters. The summed E-state index contributed by atoms with van der Waals surface area (Å²) in [5.41, 5.74) is 5.72. The zero-order valence-corrected chi connectivity index (χ0v) is 11.9. The highest BCUT2D eigenvalue weighted by Gasteiger charge is 2.18. The minimum absolute atomic E-state index is 0.468. The predicted octanol–water partition coefficient (Wildman–Crippen LogP) is 2.02. The van der Waals surface area contributed by atoms with E-state index in [1.807, 2.05) is 0 Å². The first-order valence-corrected chi connectivity index (χ1v) is 7.26. The molecule has 102 valence electrons. The second-order valence-corrected chi connectivity index (χ2v) is 5.53. The van der Waals surface area contributed by atoms with Gasteiger partial charge in [0.15, 0.2) is 16.6 Å². The Morgan fingerprint density at radius 1 is 1.44 bits per heavy atom. The highest BCUT2D eigenvalue weighted by molar-refractivity contribution is 7.11. The number of aromatic nitrogens is 1. The quantitative estimate of drug-likeness (QED) is 0.857. The number of likely N-dealkylation sites (tertiary alicyclic amines) is 1. The van der Waals surface area contributed by atoms with Crippen molar-refractivity contribution >= 4 is 22.4 Å². The van der Waals surface area contributed by atoms with E-state index in [0.717, 1.165) is 11.5 Å². The second-order valence-electron chi connectivity index (χ2n) is 4.76. The molecule has 1 aromatic rings. The zero-order valence-electron chi connectivity index (χ0n) is 11.1. The molecule has 1 fully saturated rings. The van der Waals surface area contributed by atoms with Crippen LogP contribution in [-0.2, 0) is 0 Å². The number of nitrogens with two attached hydrogens (primary N) is 1. The van der Waals surface area contributed by atoms with Crippen molar-refractivity contribution in [3.8, 4) is 5.75 Å². The maximum absolute atomic E-state index is 5.72. The van der Waals surface area contributed by atoms with Crippen LogP contribution in [0.4, 0.5) is 10.8 Å². The summed E-state index contributed by atoms with van der Waals surface area (Å²) >= 11 is 1.36. The van der Waals surface area contributed by atoms with Crippen molar-refractivity contribution in [3.05, 3.63) is 0 Å². The molecule has 1 aliphatic rings. The summed E-state index contributed by atoms with van der Waals surface area (Å²) < 4.78 is 9.34. The predicted molar refractivity (Wildman–Crippen MR) is 76.5 cm³/mol. The van der Waals surface area contributed by atoms with Crippen molar-refractivity contribution in [1.29, 1.82) is 0 Å². The van der Waals surface area contributed by atoms with E-state index in [2.05, 4.69) is 21.5 Å². The molecule has 1 saturated heterocycles. The van der Waals surface area contributed by atoms with Crippen LogP contribution in [0.2, 0.25) is 0 Å². The number of hydrogen-bond donors (Lipinski definition) is 2. The fraction of sp³-hybridized carbons (Fsp3) is 0.750. The normalized spacial score (nSPS) is 18.6. The van der Waals surface area contributed by atoms with Gasteiger partial charge < -0.3 is 15.8 Å². The topological polar surface area (TPSA) is 63.4 Å². The van der Waals surface area contributed by atoms with Crippen LogP contribution in [0.25, 0.3) is 0 Å². The average Bonchev–Trinajstić information content (AvgIpc) is 2.77. The number of hydrogen-bond acceptors (Lipinski definition) is 6. The summed E-state index contributed by atoms with van der Waals surface area (Å²) in [6, 6.07) is 0.526. The van der Waals surface area contributed by atoms with E-state index < -0.39 is 0 Å². The van der Waals surface area contributed by atoms with Crippen molar-refractivity contribution in [2.24, 2.45) is 0 Å². The Bertz CT molecular complexity index is 376. The molecule has 0 bridgehead atoms. The van der Waals surface area contributed by atoms with E-state index in [9.17, 15) is 0 Å². The van der Waals surface area contributed by atoms with Gasteiger partial charge in [0.2, 0.25) is 0 Å². The van der Waals surface area contributed by atoms with Crippen LogP contribution in [0, 0.1) is 0 Å². The summed E-state index contributed by atoms with van der Waals surface area (Å²) in [7, 11) is 1.62. The molecule has 0 aromatic carbocycles. The fourth-order valence-electron chi connectivity index (χ4n) is 2.33. The number of ether oxygens (including phenoxy) is 1. The first-order chi connectivity index (χ1) is 8.72. The highest BCUT2D eigenvalue weighted by atomic mass is 32.1. The molecular formula is C12H22N4OS. The van der Waals surface area contributed by atoms with Crippen molar-refractivity contribution in [2.75, 3.05) is 37.8 Å². The minimum atomic E-state index is 0.468. The van der Waals surface area contributed by atoms with Gasteiger partial charge in [0.05, 0.1) is 7.11 Å². The van der Waals surface area contributed by atoms with Gasteiger partial charge in [-0.3, -0.25) is 4.90 Å². The summed E-state index contributed by atoms with van der Waals surface area (Å²) in [6.07, 6.45) is 4.01. The third-order valence-electron chi connectivity index (χ3n) is 3.45. The number of rotatable bonds is 5. The molecule has 6 heteroatoms. The number of methoxy groups -OCH3 is 1. The lowest BCUT2D eigenvalue weighted by Crippen LogP contribution is -2.41. The molecule has 0 amide bonds. The van der Waals surface area contributed by atoms with E-state index in [0.29, 0.717) is 17.6 Å². The van der Waals surface area contributed by atoms with Crippen LogP contribution in [0.1, 0.15) is 26.2 Å². The Morgan fingerprint density at radius 3 is 2.83 bits per heavy atom. The van der Waals surface area contributed by atoms with Crippen molar-refractivity contribution < 1.29 is 4.74 Å². The molecule has 2 rings (SSSR count). The van der Waals surface area contributed by atoms with Gasteiger partial charge in [0.1, 0.15) is 0 Å². The lowest BCUT2D eigenvalue weighted by atomic mass is 10.1. The smallest absolute Gasteiger partial charge is 0.197 e. The number of anilines is 2. The maximum Gasteiger partial charge on any atom is 0.197 e. The van der Waals surface area contributed by atoms with Crippen molar-refractivity contribution in [1.82, 2.24) is 9.27 Å². The molecule has 3 N–H and O–H groups in total. The van der Waals surface area contributed by atoms with Gasteiger partial charge in [-0.1, -0.05) is 6.42 Å². The Labute approximate surface area is 112 Å². The third-order valence-corrected chi connectivity index (χ3v) is 4.25. The van der Waals surface area contributed by atoms with E-state index in [4.69, 9.17) is 10.5 Å². The summed E-state index contributed by atoms with van der Waals surface area (Å²) in [5.74, 6) is 1.14. The number of piperidine rings is 1. The van der Waals surface area contributed by atoms with E-state index >= 15 is 0 Å². The van der Waals surface area contributed by atoms with Crippen LogP contribution >= 0.6 is 11.5 Å². The molecule has 5 nitrogen and oxygen atoms in total. The van der Waals surface area contributed by atoms with Gasteiger partial charge in [-0.2, -0.15) is 4.37 Å². The number of nitrogens with zero attached hydrogens (tertiary/aromatic N) is 2. The Kier molecular flexibility index (Phi) is 4.66. The monoisotopic (exact) mass is 270 g/mol. The summed E-state index contributed by atoms with van der Waals surface area (Å²) in [6.45, 7) is 5.59. The highest BCUT2D eigenvalue weighted by Crippen LogP contribution is 2.34. The molecule has 0 spiro atoms. The second kappa shape index (κ2) is 6.24. The molecule has 2 heterocycles. The molecule has 1 aromatic heterocycles. The number of nitrogens with one attached hydrogen (secondary N) is 1. The maximum atomic E-state index is 5.72. The average molecular weight is 270 g/mol. The molecule has 0 saturated carbocycles. The summed E-state index contributed by atoms with van der Waals surface area (Å²) in [5, 5.41) is 4.32. The fourth-order valence-corrected chi connectivity index (χ4v) is 3.02. The third kappa shape index (κ3) is 3.05. The van der Waals surface area contributed by atoms with Crippen molar-refractivity contribution in [2.45, 2.75) is 32.2 Å². The van der Waals surface area contributed by atoms with Gasteiger partial charge in [-0.15, -0.1) is 0 Å². The van der Waals surface area contributed by atoms with Gasteiger partial charge in [0.25, 0.3) is 0 Å². The van der Waals surface area contributed by atoms with Gasteiger partial charge in [-0.25, -0.2) is 0 Å². The molecule has 0 radical (unpaired) electrons. The molecular weight excluding hydrogens is 248 g/mol. The van der Waals surface area contributed by atoms with Crippen LogP contribution in [-0.4, -0.2) is 42.1 Å². The molecule has 1 aliphatic heterocycles. The first kappa shape index (κ1) is 13.4. The van der Waals surface area contributed by atoms with Crippen LogP contribution in [0.3, 0.4) is 0 Å². The van der Waals surface area contributed by atoms with Crippen LogP contribution < -0.4 is 15.8 Å². The standard InChI is InChI=1S/C12H22N4OS/c1-9(16-6-4-3-5-7-16)8-14-12-10(17-2)11(13)15-18-12/h9,14H,3-8H2,1-2H3,(H2,13,15).